The SMILES string of the molecule is CCNC(c1ccc(C)c(Cl)c1)C(C)(CC)N(CC)CC. The van der Waals surface area contributed by atoms with Gasteiger partial charge in [-0.2, -0.15) is 0 Å². The van der Waals surface area contributed by atoms with Crippen LogP contribution in [0.3, 0.4) is 0 Å². The minimum absolute atomic E-state index is 0.0814. The Morgan fingerprint density at radius 3 is 2.24 bits per heavy atom. The van der Waals surface area contributed by atoms with Crippen LogP contribution in [0, 0.1) is 6.92 Å². The fourth-order valence-electron chi connectivity index (χ4n) is 3.25. The molecule has 0 aliphatic carbocycles. The van der Waals surface area contributed by atoms with Crippen molar-refractivity contribution in [2.45, 2.75) is 59.5 Å². The monoisotopic (exact) mass is 310 g/mol. The zero-order valence-corrected chi connectivity index (χ0v) is 15.2. The fourth-order valence-corrected chi connectivity index (χ4v) is 3.43. The number of hydrogen-bond donors (Lipinski definition) is 1. The number of likely N-dealkylation sites (N-methyl/N-ethyl adjacent to an activating group) is 2. The van der Waals surface area contributed by atoms with Crippen molar-refractivity contribution in [3.8, 4) is 0 Å². The highest BCUT2D eigenvalue weighted by Gasteiger charge is 2.37. The van der Waals surface area contributed by atoms with Crippen molar-refractivity contribution in [2.24, 2.45) is 0 Å². The summed E-state index contributed by atoms with van der Waals surface area (Å²) in [7, 11) is 0. The first-order chi connectivity index (χ1) is 9.94. The molecule has 1 aromatic carbocycles. The third kappa shape index (κ3) is 4.00. The van der Waals surface area contributed by atoms with Crippen molar-refractivity contribution in [2.75, 3.05) is 19.6 Å². The van der Waals surface area contributed by atoms with Gasteiger partial charge in [-0.1, -0.05) is 51.4 Å². The maximum absolute atomic E-state index is 6.36. The van der Waals surface area contributed by atoms with Gasteiger partial charge in [0.15, 0.2) is 0 Å². The van der Waals surface area contributed by atoms with Gasteiger partial charge in [0.1, 0.15) is 0 Å². The van der Waals surface area contributed by atoms with E-state index in [9.17, 15) is 0 Å². The Morgan fingerprint density at radius 1 is 1.19 bits per heavy atom. The molecule has 0 fully saturated rings. The average Bonchev–Trinajstić information content (AvgIpc) is 2.48. The van der Waals surface area contributed by atoms with Crippen molar-refractivity contribution < 1.29 is 0 Å². The van der Waals surface area contributed by atoms with Gasteiger partial charge in [-0.3, -0.25) is 4.90 Å². The summed E-state index contributed by atoms with van der Waals surface area (Å²) >= 11 is 6.36. The number of hydrogen-bond acceptors (Lipinski definition) is 2. The fraction of sp³-hybridized carbons (Fsp3) is 0.667. The summed E-state index contributed by atoms with van der Waals surface area (Å²) in [5.41, 5.74) is 2.50. The van der Waals surface area contributed by atoms with E-state index in [4.69, 9.17) is 11.6 Å². The Kier molecular flexibility index (Phi) is 7.19. The lowest BCUT2D eigenvalue weighted by Crippen LogP contribution is -2.54. The summed E-state index contributed by atoms with van der Waals surface area (Å²) < 4.78 is 0. The van der Waals surface area contributed by atoms with Crippen LogP contribution >= 0.6 is 11.6 Å². The molecule has 1 N–H and O–H groups in total. The molecule has 0 bridgehead atoms. The molecule has 0 radical (unpaired) electrons. The van der Waals surface area contributed by atoms with E-state index in [0.29, 0.717) is 0 Å². The molecule has 2 unspecified atom stereocenters. The quantitative estimate of drug-likeness (QED) is 0.741. The smallest absolute Gasteiger partial charge is 0.0504 e. The molecule has 120 valence electrons. The van der Waals surface area contributed by atoms with E-state index >= 15 is 0 Å². The molecule has 2 atom stereocenters. The summed E-state index contributed by atoms with van der Waals surface area (Å²) in [6, 6.07) is 6.75. The lowest BCUT2D eigenvalue weighted by molar-refractivity contribution is 0.0704. The van der Waals surface area contributed by atoms with Gasteiger partial charge < -0.3 is 5.32 Å². The van der Waals surface area contributed by atoms with Crippen LogP contribution in [0.5, 0.6) is 0 Å². The van der Waals surface area contributed by atoms with E-state index in [1.807, 2.05) is 0 Å². The summed E-state index contributed by atoms with van der Waals surface area (Å²) in [6.07, 6.45) is 1.10. The summed E-state index contributed by atoms with van der Waals surface area (Å²) in [6.45, 7) is 16.4. The van der Waals surface area contributed by atoms with Gasteiger partial charge in [0.05, 0.1) is 6.04 Å². The molecule has 21 heavy (non-hydrogen) atoms. The van der Waals surface area contributed by atoms with E-state index in [1.54, 1.807) is 0 Å². The third-order valence-electron chi connectivity index (χ3n) is 4.76. The minimum Gasteiger partial charge on any atom is -0.309 e. The first-order valence-corrected chi connectivity index (χ1v) is 8.56. The standard InChI is InChI=1S/C18H31ClN2/c1-7-18(6,21(9-3)10-4)17(20-8-2)15-12-11-14(5)16(19)13-15/h11-13,17,20H,7-10H2,1-6H3. The Morgan fingerprint density at radius 2 is 1.81 bits per heavy atom. The van der Waals surface area contributed by atoms with E-state index in [2.05, 4.69) is 70.0 Å². The highest BCUT2D eigenvalue weighted by molar-refractivity contribution is 6.31. The number of aryl methyl sites for hydroxylation is 1. The predicted molar refractivity (Wildman–Crippen MR) is 94.2 cm³/mol. The van der Waals surface area contributed by atoms with Crippen molar-refractivity contribution in [1.29, 1.82) is 0 Å². The summed E-state index contributed by atoms with van der Waals surface area (Å²) in [5, 5.41) is 4.54. The molecule has 0 aliphatic heterocycles. The van der Waals surface area contributed by atoms with E-state index < -0.39 is 0 Å². The van der Waals surface area contributed by atoms with Crippen molar-refractivity contribution in [3.63, 3.8) is 0 Å². The number of nitrogens with one attached hydrogen (secondary N) is 1. The zero-order chi connectivity index (χ0) is 16.0. The molecule has 3 heteroatoms. The predicted octanol–water partition coefficient (Wildman–Crippen LogP) is 4.81. The maximum Gasteiger partial charge on any atom is 0.0504 e. The number of benzene rings is 1. The Hall–Kier alpha value is -0.570. The van der Waals surface area contributed by atoms with Crippen molar-refractivity contribution in [1.82, 2.24) is 10.2 Å². The molecule has 0 heterocycles. The van der Waals surface area contributed by atoms with E-state index in [0.717, 1.165) is 36.6 Å². The van der Waals surface area contributed by atoms with Crippen LogP contribution in [0.4, 0.5) is 0 Å². The van der Waals surface area contributed by atoms with Crippen LogP contribution in [0.1, 0.15) is 58.2 Å². The summed E-state index contributed by atoms with van der Waals surface area (Å²) in [5.74, 6) is 0. The molecule has 0 spiro atoms. The Bertz CT molecular complexity index is 443. The van der Waals surface area contributed by atoms with Crippen LogP contribution in [0.15, 0.2) is 18.2 Å². The molecule has 0 saturated carbocycles. The van der Waals surface area contributed by atoms with Crippen molar-refractivity contribution >= 4 is 11.6 Å². The molecular weight excluding hydrogens is 280 g/mol. The molecule has 0 aliphatic rings. The Labute approximate surface area is 135 Å². The highest BCUT2D eigenvalue weighted by atomic mass is 35.5. The molecule has 2 nitrogen and oxygen atoms in total. The van der Waals surface area contributed by atoms with E-state index in [-0.39, 0.29) is 11.6 Å². The lowest BCUT2D eigenvalue weighted by Gasteiger charge is -2.46. The lowest BCUT2D eigenvalue weighted by atomic mass is 9.82. The number of rotatable bonds is 8. The largest absolute Gasteiger partial charge is 0.309 e. The van der Waals surface area contributed by atoms with Crippen molar-refractivity contribution in [3.05, 3.63) is 34.3 Å². The van der Waals surface area contributed by atoms with Gasteiger partial charge in [-0.25, -0.2) is 0 Å². The second-order valence-electron chi connectivity index (χ2n) is 5.88. The van der Waals surface area contributed by atoms with Crippen LogP contribution < -0.4 is 5.32 Å². The first kappa shape index (κ1) is 18.5. The third-order valence-corrected chi connectivity index (χ3v) is 5.17. The molecule has 1 rings (SSSR count). The number of halogens is 1. The number of nitrogens with zero attached hydrogens (tertiary/aromatic N) is 1. The van der Waals surface area contributed by atoms with E-state index in [1.165, 1.54) is 5.56 Å². The second-order valence-corrected chi connectivity index (χ2v) is 6.29. The second kappa shape index (κ2) is 8.17. The zero-order valence-electron chi connectivity index (χ0n) is 14.5. The molecule has 1 aromatic rings. The van der Waals surface area contributed by atoms with Gasteiger partial charge in [0.2, 0.25) is 0 Å². The normalized spacial score (nSPS) is 16.0. The average molecular weight is 311 g/mol. The van der Waals surface area contributed by atoms with Gasteiger partial charge in [0, 0.05) is 10.6 Å². The van der Waals surface area contributed by atoms with Gasteiger partial charge in [-0.05, 0) is 57.1 Å². The topological polar surface area (TPSA) is 15.3 Å². The molecular formula is C18H31ClN2. The first-order valence-electron chi connectivity index (χ1n) is 8.18. The van der Waals surface area contributed by atoms with Gasteiger partial charge in [-0.15, -0.1) is 0 Å². The van der Waals surface area contributed by atoms with Crippen LogP contribution in [-0.4, -0.2) is 30.1 Å². The van der Waals surface area contributed by atoms with Crippen LogP contribution in [-0.2, 0) is 0 Å². The highest BCUT2D eigenvalue weighted by Crippen LogP contribution is 2.35. The summed E-state index contributed by atoms with van der Waals surface area (Å²) in [4.78, 5) is 2.55. The molecule has 0 aromatic heterocycles. The molecule has 0 saturated heterocycles. The molecule has 0 amide bonds. The Balaban J connectivity index is 3.27. The van der Waals surface area contributed by atoms with Crippen LogP contribution in [0.2, 0.25) is 5.02 Å². The maximum atomic E-state index is 6.36. The van der Waals surface area contributed by atoms with Crippen LogP contribution in [0.25, 0.3) is 0 Å². The van der Waals surface area contributed by atoms with Gasteiger partial charge in [0.25, 0.3) is 0 Å². The minimum atomic E-state index is 0.0814. The van der Waals surface area contributed by atoms with Gasteiger partial charge >= 0.3 is 0 Å².